The second kappa shape index (κ2) is 4.08. The third-order valence-corrected chi connectivity index (χ3v) is 3.83. The lowest BCUT2D eigenvalue weighted by molar-refractivity contribution is -0.110. The number of hydrogen-bond donors (Lipinski definition) is 1. The van der Waals surface area contributed by atoms with Crippen LogP contribution in [0.15, 0.2) is 28.7 Å². The number of nitrogens with one attached hydrogen (secondary N) is 1. The highest BCUT2D eigenvalue weighted by Gasteiger charge is 2.52. The highest BCUT2D eigenvalue weighted by Crippen LogP contribution is 2.43. The normalized spacial score (nSPS) is 29.0. The minimum absolute atomic E-state index is 0.0490. The summed E-state index contributed by atoms with van der Waals surface area (Å²) in [5.74, 6) is -2.70. The molecule has 1 aliphatic heterocycles. The first-order valence-electron chi connectivity index (χ1n) is 5.35. The molecule has 1 nitrogen and oxygen atoms in total. The number of benzene rings is 1. The topological polar surface area (TPSA) is 12.0 Å². The second-order valence-corrected chi connectivity index (χ2v) is 5.28. The molecule has 1 heterocycles. The van der Waals surface area contributed by atoms with E-state index in [1.54, 1.807) is 31.2 Å². The van der Waals surface area contributed by atoms with E-state index >= 15 is 0 Å². The van der Waals surface area contributed by atoms with Crippen LogP contribution in [0.3, 0.4) is 0 Å². The molecule has 0 amide bonds. The molecule has 1 unspecified atom stereocenters. The number of rotatable bonds is 1. The first kappa shape index (κ1) is 12.0. The monoisotopic (exact) mass is 289 g/mol. The Morgan fingerprint density at radius 2 is 1.88 bits per heavy atom. The summed E-state index contributed by atoms with van der Waals surface area (Å²) in [6.07, 6.45) is 0.478. The molecule has 1 saturated heterocycles. The summed E-state index contributed by atoms with van der Waals surface area (Å²) in [4.78, 5) is 0. The molecular formula is C12H14BrF2N. The average Bonchev–Trinajstić information content (AvgIpc) is 2.23. The Morgan fingerprint density at radius 1 is 1.25 bits per heavy atom. The molecule has 0 radical (unpaired) electrons. The van der Waals surface area contributed by atoms with Gasteiger partial charge >= 0.3 is 0 Å². The fourth-order valence-corrected chi connectivity index (χ4v) is 2.39. The van der Waals surface area contributed by atoms with E-state index < -0.39 is 11.5 Å². The molecule has 0 bridgehead atoms. The molecule has 1 aromatic rings. The fourth-order valence-electron chi connectivity index (χ4n) is 2.12. The zero-order valence-electron chi connectivity index (χ0n) is 9.06. The molecule has 1 fully saturated rings. The van der Waals surface area contributed by atoms with E-state index in [1.165, 1.54) is 0 Å². The number of hydrogen-bond acceptors (Lipinski definition) is 1. The molecule has 0 saturated carbocycles. The Kier molecular flexibility index (Phi) is 3.05. The Balaban J connectivity index is 2.39. The summed E-state index contributed by atoms with van der Waals surface area (Å²) in [5.41, 5.74) is -0.605. The van der Waals surface area contributed by atoms with E-state index in [9.17, 15) is 8.78 Å². The SMILES string of the molecule is CC1(c2ccc(Br)cc2)NCCCC1(F)F. The molecule has 1 aromatic carbocycles. The highest BCUT2D eigenvalue weighted by molar-refractivity contribution is 9.10. The minimum atomic E-state index is -2.70. The van der Waals surface area contributed by atoms with Gasteiger partial charge in [-0.05, 0) is 37.6 Å². The van der Waals surface area contributed by atoms with Crippen LogP contribution in [0.5, 0.6) is 0 Å². The maximum Gasteiger partial charge on any atom is 0.269 e. The summed E-state index contributed by atoms with van der Waals surface area (Å²) in [6.45, 7) is 2.22. The van der Waals surface area contributed by atoms with E-state index in [0.29, 0.717) is 18.5 Å². The summed E-state index contributed by atoms with van der Waals surface area (Å²) < 4.78 is 28.8. The van der Waals surface area contributed by atoms with Gasteiger partial charge in [-0.2, -0.15) is 0 Å². The van der Waals surface area contributed by atoms with Crippen molar-refractivity contribution in [1.82, 2.24) is 5.32 Å². The van der Waals surface area contributed by atoms with Gasteiger partial charge in [0.15, 0.2) is 0 Å². The van der Waals surface area contributed by atoms with Gasteiger partial charge in [-0.1, -0.05) is 28.1 Å². The van der Waals surface area contributed by atoms with Gasteiger partial charge < -0.3 is 5.32 Å². The molecule has 0 aliphatic carbocycles. The molecule has 1 atom stereocenters. The van der Waals surface area contributed by atoms with Crippen LogP contribution in [0.25, 0.3) is 0 Å². The standard InChI is InChI=1S/C12H14BrF2N/c1-11(9-3-5-10(13)6-4-9)12(14,15)7-2-8-16-11/h3-6,16H,2,7-8H2,1H3. The van der Waals surface area contributed by atoms with E-state index in [-0.39, 0.29) is 6.42 Å². The van der Waals surface area contributed by atoms with E-state index in [4.69, 9.17) is 0 Å². The quantitative estimate of drug-likeness (QED) is 0.832. The Morgan fingerprint density at radius 3 is 2.44 bits per heavy atom. The fraction of sp³-hybridized carbons (Fsp3) is 0.500. The highest BCUT2D eigenvalue weighted by atomic mass is 79.9. The average molecular weight is 290 g/mol. The minimum Gasteiger partial charge on any atom is -0.303 e. The van der Waals surface area contributed by atoms with Gasteiger partial charge in [-0.15, -0.1) is 0 Å². The third kappa shape index (κ3) is 1.89. The van der Waals surface area contributed by atoms with Crippen LogP contribution in [0, 0.1) is 0 Å². The summed E-state index contributed by atoms with van der Waals surface area (Å²) >= 11 is 3.31. The predicted molar refractivity (Wildman–Crippen MR) is 63.7 cm³/mol. The van der Waals surface area contributed by atoms with Gasteiger partial charge in [0.1, 0.15) is 5.54 Å². The number of piperidine rings is 1. The van der Waals surface area contributed by atoms with Crippen molar-refractivity contribution in [2.45, 2.75) is 31.2 Å². The van der Waals surface area contributed by atoms with Crippen LogP contribution < -0.4 is 5.32 Å². The third-order valence-electron chi connectivity index (χ3n) is 3.30. The van der Waals surface area contributed by atoms with E-state index in [2.05, 4.69) is 21.2 Å². The van der Waals surface area contributed by atoms with Gasteiger partial charge in [0.25, 0.3) is 5.92 Å². The van der Waals surface area contributed by atoms with E-state index in [0.717, 1.165) is 4.47 Å². The van der Waals surface area contributed by atoms with Gasteiger partial charge in [0.05, 0.1) is 0 Å². The van der Waals surface area contributed by atoms with Crippen molar-refractivity contribution in [1.29, 1.82) is 0 Å². The largest absolute Gasteiger partial charge is 0.303 e. The summed E-state index contributed by atoms with van der Waals surface area (Å²) in [7, 11) is 0. The van der Waals surface area contributed by atoms with Crippen LogP contribution in [0.2, 0.25) is 0 Å². The van der Waals surface area contributed by atoms with Crippen molar-refractivity contribution >= 4 is 15.9 Å². The molecule has 88 valence electrons. The molecule has 1 aliphatic rings. The van der Waals surface area contributed by atoms with Crippen LogP contribution >= 0.6 is 15.9 Å². The molecule has 1 N–H and O–H groups in total. The maximum absolute atomic E-state index is 14.0. The van der Waals surface area contributed by atoms with Crippen molar-refractivity contribution in [3.05, 3.63) is 34.3 Å². The smallest absolute Gasteiger partial charge is 0.269 e. The molecule has 2 rings (SSSR count). The second-order valence-electron chi connectivity index (χ2n) is 4.37. The predicted octanol–water partition coefficient (Wildman–Crippen LogP) is 3.68. The summed E-state index contributed by atoms with van der Waals surface area (Å²) in [6, 6.07) is 7.09. The molecule has 0 aromatic heterocycles. The maximum atomic E-state index is 14.0. The lowest BCUT2D eigenvalue weighted by atomic mass is 9.80. The zero-order valence-corrected chi connectivity index (χ0v) is 10.7. The van der Waals surface area contributed by atoms with Crippen molar-refractivity contribution in [2.75, 3.05) is 6.54 Å². The van der Waals surface area contributed by atoms with Crippen LogP contribution in [-0.2, 0) is 5.54 Å². The lowest BCUT2D eigenvalue weighted by Gasteiger charge is -2.42. The number of halogens is 3. The first-order valence-corrected chi connectivity index (χ1v) is 6.14. The Bertz CT molecular complexity index is 377. The van der Waals surface area contributed by atoms with Gasteiger partial charge in [-0.25, -0.2) is 8.78 Å². The van der Waals surface area contributed by atoms with Crippen molar-refractivity contribution in [3.8, 4) is 0 Å². The lowest BCUT2D eigenvalue weighted by Crippen LogP contribution is -2.57. The van der Waals surface area contributed by atoms with E-state index in [1.807, 2.05) is 0 Å². The first-order chi connectivity index (χ1) is 7.46. The van der Waals surface area contributed by atoms with Crippen molar-refractivity contribution in [2.24, 2.45) is 0 Å². The van der Waals surface area contributed by atoms with Crippen molar-refractivity contribution < 1.29 is 8.78 Å². The summed E-state index contributed by atoms with van der Waals surface area (Å²) in [5, 5.41) is 2.96. The van der Waals surface area contributed by atoms with Crippen LogP contribution in [-0.4, -0.2) is 12.5 Å². The van der Waals surface area contributed by atoms with Crippen LogP contribution in [0.1, 0.15) is 25.3 Å². The van der Waals surface area contributed by atoms with Crippen molar-refractivity contribution in [3.63, 3.8) is 0 Å². The Labute approximate surface area is 102 Å². The molecular weight excluding hydrogens is 276 g/mol. The van der Waals surface area contributed by atoms with Gasteiger partial charge in [0, 0.05) is 10.9 Å². The van der Waals surface area contributed by atoms with Gasteiger partial charge in [0.2, 0.25) is 0 Å². The van der Waals surface area contributed by atoms with Crippen LogP contribution in [0.4, 0.5) is 8.78 Å². The molecule has 4 heteroatoms. The zero-order chi connectivity index (χ0) is 11.8. The molecule has 0 spiro atoms. The number of alkyl halides is 2. The Hall–Kier alpha value is -0.480. The molecule has 16 heavy (non-hydrogen) atoms. The van der Waals surface area contributed by atoms with Gasteiger partial charge in [-0.3, -0.25) is 0 Å².